The predicted molar refractivity (Wildman–Crippen MR) is 103 cm³/mol. The number of halogens is 1. The second kappa shape index (κ2) is 9.36. The van der Waals surface area contributed by atoms with E-state index in [4.69, 9.17) is 4.52 Å². The van der Waals surface area contributed by atoms with Crippen LogP contribution in [0.4, 0.5) is 4.39 Å². The summed E-state index contributed by atoms with van der Waals surface area (Å²) in [5.74, 6) is 1.62. The quantitative estimate of drug-likeness (QED) is 0.565. The van der Waals surface area contributed by atoms with E-state index in [2.05, 4.69) is 34.6 Å². The molecule has 0 amide bonds. The zero-order valence-corrected chi connectivity index (χ0v) is 16.3. The molecule has 2 rings (SSSR count). The Kier molecular flexibility index (Phi) is 7.18. The zero-order valence-electron chi connectivity index (χ0n) is 16.3. The molecule has 0 spiro atoms. The van der Waals surface area contributed by atoms with E-state index >= 15 is 0 Å². The minimum Gasteiger partial charge on any atom is -0.359 e. The van der Waals surface area contributed by atoms with Crippen LogP contribution in [0.5, 0.6) is 0 Å². The van der Waals surface area contributed by atoms with Gasteiger partial charge in [-0.3, -0.25) is 4.99 Å². The smallest absolute Gasteiger partial charge is 0.191 e. The molecule has 1 atom stereocenters. The highest BCUT2D eigenvalue weighted by Crippen LogP contribution is 2.22. The topological polar surface area (TPSA) is 62.5 Å². The molecule has 0 saturated heterocycles. The molecule has 1 aromatic carbocycles. The van der Waals surface area contributed by atoms with E-state index in [1.165, 1.54) is 0 Å². The van der Waals surface area contributed by atoms with Crippen LogP contribution in [-0.4, -0.2) is 18.2 Å². The van der Waals surface area contributed by atoms with Crippen molar-refractivity contribution >= 4 is 5.96 Å². The molecule has 142 valence electrons. The molecule has 0 bridgehead atoms. The van der Waals surface area contributed by atoms with Crippen molar-refractivity contribution in [3.63, 3.8) is 0 Å². The van der Waals surface area contributed by atoms with Gasteiger partial charge in [-0.15, -0.1) is 0 Å². The van der Waals surface area contributed by atoms with Crippen LogP contribution in [0.25, 0.3) is 0 Å². The Bertz CT molecular complexity index is 737. The highest BCUT2D eigenvalue weighted by Gasteiger charge is 2.14. The Morgan fingerprint density at radius 2 is 2.00 bits per heavy atom. The van der Waals surface area contributed by atoms with E-state index in [0.29, 0.717) is 24.0 Å². The number of nitrogens with zero attached hydrogens (tertiary/aromatic N) is 2. The van der Waals surface area contributed by atoms with Crippen molar-refractivity contribution < 1.29 is 8.91 Å². The van der Waals surface area contributed by atoms with Crippen LogP contribution in [0.15, 0.2) is 33.8 Å². The SMILES string of the molecule is CCC(CC)c1cc(CNC(=NC)NC(C)c2ccc(C)c(F)c2)on1. The minimum atomic E-state index is -0.199. The summed E-state index contributed by atoms with van der Waals surface area (Å²) in [7, 11) is 1.70. The minimum absolute atomic E-state index is 0.0776. The molecule has 1 heterocycles. The van der Waals surface area contributed by atoms with Gasteiger partial charge in [0.1, 0.15) is 5.82 Å². The fourth-order valence-corrected chi connectivity index (χ4v) is 2.84. The average Bonchev–Trinajstić information content (AvgIpc) is 3.10. The lowest BCUT2D eigenvalue weighted by Gasteiger charge is -2.18. The molecule has 5 nitrogen and oxygen atoms in total. The van der Waals surface area contributed by atoms with Gasteiger partial charge in [0.2, 0.25) is 0 Å². The maximum atomic E-state index is 13.8. The summed E-state index contributed by atoms with van der Waals surface area (Å²) in [6.07, 6.45) is 2.09. The fourth-order valence-electron chi connectivity index (χ4n) is 2.84. The number of aryl methyl sites for hydroxylation is 1. The van der Waals surface area contributed by atoms with Crippen LogP contribution >= 0.6 is 0 Å². The van der Waals surface area contributed by atoms with Crippen molar-refractivity contribution in [3.05, 3.63) is 52.7 Å². The molecule has 0 saturated carbocycles. The number of hydrogen-bond donors (Lipinski definition) is 2. The first-order valence-corrected chi connectivity index (χ1v) is 9.17. The summed E-state index contributed by atoms with van der Waals surface area (Å²) in [5.41, 5.74) is 2.51. The molecule has 1 unspecified atom stereocenters. The summed E-state index contributed by atoms with van der Waals surface area (Å²) in [5, 5.41) is 10.6. The number of benzene rings is 1. The Balaban J connectivity index is 1.94. The Labute approximate surface area is 155 Å². The third kappa shape index (κ3) is 5.07. The number of guanidine groups is 1. The van der Waals surface area contributed by atoms with Gasteiger partial charge in [0.15, 0.2) is 11.7 Å². The summed E-state index contributed by atoms with van der Waals surface area (Å²) in [6, 6.07) is 7.18. The lowest BCUT2D eigenvalue weighted by molar-refractivity contribution is 0.368. The predicted octanol–water partition coefficient (Wildman–Crippen LogP) is 4.45. The zero-order chi connectivity index (χ0) is 19.1. The molecule has 6 heteroatoms. The van der Waals surface area contributed by atoms with Crippen molar-refractivity contribution in [1.29, 1.82) is 0 Å². The standard InChI is InChI=1S/C20H29FN4O/c1-6-15(7-2)19-11-17(26-25-19)12-23-20(22-5)24-14(4)16-9-8-13(3)18(21)10-16/h8-11,14-15H,6-7,12H2,1-5H3,(H2,22,23,24). The molecule has 0 aliphatic carbocycles. The monoisotopic (exact) mass is 360 g/mol. The van der Waals surface area contributed by atoms with Gasteiger partial charge in [0.05, 0.1) is 18.3 Å². The van der Waals surface area contributed by atoms with Crippen molar-refractivity contribution in [3.8, 4) is 0 Å². The van der Waals surface area contributed by atoms with Gasteiger partial charge >= 0.3 is 0 Å². The Morgan fingerprint density at radius 1 is 1.27 bits per heavy atom. The number of hydrogen-bond acceptors (Lipinski definition) is 3. The summed E-state index contributed by atoms with van der Waals surface area (Å²) >= 11 is 0. The molecule has 0 aliphatic heterocycles. The molecule has 2 aromatic rings. The number of aromatic nitrogens is 1. The maximum absolute atomic E-state index is 13.8. The molecule has 2 N–H and O–H groups in total. The second-order valence-electron chi connectivity index (χ2n) is 6.53. The van der Waals surface area contributed by atoms with E-state index in [9.17, 15) is 4.39 Å². The molecule has 0 fully saturated rings. The van der Waals surface area contributed by atoms with Crippen molar-refractivity contribution in [2.24, 2.45) is 4.99 Å². The van der Waals surface area contributed by atoms with Crippen molar-refractivity contribution in [2.75, 3.05) is 7.05 Å². The largest absolute Gasteiger partial charge is 0.359 e. The number of aliphatic imine (C=N–C) groups is 1. The van der Waals surface area contributed by atoms with Gasteiger partial charge < -0.3 is 15.2 Å². The highest BCUT2D eigenvalue weighted by molar-refractivity contribution is 5.80. The van der Waals surface area contributed by atoms with E-state index in [1.807, 2.05) is 19.1 Å². The molecule has 0 radical (unpaired) electrons. The van der Waals surface area contributed by atoms with Crippen LogP contribution in [0.2, 0.25) is 0 Å². The third-order valence-corrected chi connectivity index (χ3v) is 4.68. The lowest BCUT2D eigenvalue weighted by atomic mass is 9.99. The number of rotatable bonds is 7. The summed E-state index contributed by atoms with van der Waals surface area (Å²) in [6.45, 7) is 8.52. The maximum Gasteiger partial charge on any atom is 0.191 e. The van der Waals surface area contributed by atoms with E-state index in [1.54, 1.807) is 26.1 Å². The van der Waals surface area contributed by atoms with Gasteiger partial charge in [0.25, 0.3) is 0 Å². The summed E-state index contributed by atoms with van der Waals surface area (Å²) < 4.78 is 19.2. The van der Waals surface area contributed by atoms with Gasteiger partial charge in [-0.25, -0.2) is 4.39 Å². The Morgan fingerprint density at radius 3 is 2.62 bits per heavy atom. The first kappa shape index (κ1) is 19.9. The van der Waals surface area contributed by atoms with Crippen LogP contribution in [0, 0.1) is 12.7 Å². The average molecular weight is 360 g/mol. The highest BCUT2D eigenvalue weighted by atomic mass is 19.1. The van der Waals surface area contributed by atoms with Gasteiger partial charge in [0, 0.05) is 19.0 Å². The molecule has 1 aromatic heterocycles. The molecular formula is C20H29FN4O. The van der Waals surface area contributed by atoms with Gasteiger partial charge in [-0.05, 0) is 43.9 Å². The van der Waals surface area contributed by atoms with E-state index in [0.717, 1.165) is 29.9 Å². The first-order chi connectivity index (χ1) is 12.5. The number of nitrogens with one attached hydrogen (secondary N) is 2. The van der Waals surface area contributed by atoms with Gasteiger partial charge in [-0.2, -0.15) is 0 Å². The fraction of sp³-hybridized carbons (Fsp3) is 0.500. The van der Waals surface area contributed by atoms with E-state index < -0.39 is 0 Å². The molecule has 0 aliphatic rings. The van der Waals surface area contributed by atoms with Crippen LogP contribution < -0.4 is 10.6 Å². The Hall–Kier alpha value is -2.37. The van der Waals surface area contributed by atoms with E-state index in [-0.39, 0.29) is 11.9 Å². The van der Waals surface area contributed by atoms with Crippen molar-refractivity contribution in [1.82, 2.24) is 15.8 Å². The van der Waals surface area contributed by atoms with Gasteiger partial charge in [-0.1, -0.05) is 31.1 Å². The summed E-state index contributed by atoms with van der Waals surface area (Å²) in [4.78, 5) is 4.22. The lowest BCUT2D eigenvalue weighted by Crippen LogP contribution is -2.38. The molecule has 26 heavy (non-hydrogen) atoms. The third-order valence-electron chi connectivity index (χ3n) is 4.68. The van der Waals surface area contributed by atoms with Crippen molar-refractivity contribution in [2.45, 2.75) is 59.0 Å². The molecular weight excluding hydrogens is 331 g/mol. The van der Waals surface area contributed by atoms with Crippen LogP contribution in [0.3, 0.4) is 0 Å². The van der Waals surface area contributed by atoms with Crippen LogP contribution in [-0.2, 0) is 6.54 Å². The normalized spacial score (nSPS) is 13.1. The van der Waals surface area contributed by atoms with Crippen LogP contribution in [0.1, 0.15) is 68.2 Å². The first-order valence-electron chi connectivity index (χ1n) is 9.17. The second-order valence-corrected chi connectivity index (χ2v) is 6.53.